The van der Waals surface area contributed by atoms with Crippen LogP contribution in [0.3, 0.4) is 0 Å². The van der Waals surface area contributed by atoms with Crippen molar-refractivity contribution in [2.24, 2.45) is 0 Å². The maximum absolute atomic E-state index is 4.26. The fourth-order valence-electron chi connectivity index (χ4n) is 1.92. The van der Waals surface area contributed by atoms with Crippen LogP contribution >= 0.6 is 24.6 Å². The molecular weight excluding hydrogens is 198 g/mol. The Labute approximate surface area is 92.2 Å². The molecule has 0 aliphatic heterocycles. The van der Waals surface area contributed by atoms with Gasteiger partial charge in [-0.3, -0.25) is 0 Å². The Hall–Kier alpha value is 0.660. The van der Waals surface area contributed by atoms with E-state index in [0.717, 1.165) is 11.8 Å². The summed E-state index contributed by atoms with van der Waals surface area (Å²) in [5.74, 6) is 2.16. The Kier molecular flexibility index (Phi) is 6.33. The normalized spacial score (nSPS) is 18.7. The minimum absolute atomic E-state index is 0.866. The van der Waals surface area contributed by atoms with Gasteiger partial charge < -0.3 is 0 Å². The van der Waals surface area contributed by atoms with Crippen LogP contribution in [0.25, 0.3) is 0 Å². The second kappa shape index (κ2) is 7.02. The molecule has 0 aromatic carbocycles. The van der Waals surface area contributed by atoms with E-state index < -0.39 is 0 Å². The summed E-state index contributed by atoms with van der Waals surface area (Å²) in [5, 5.41) is 0. The summed E-state index contributed by atoms with van der Waals surface area (Å²) in [6.45, 7) is 3.52. The molecule has 1 saturated carbocycles. The van der Waals surface area contributed by atoms with Crippen LogP contribution in [0.4, 0.5) is 0 Å². The Morgan fingerprint density at radius 1 is 1.38 bits per heavy atom. The minimum Gasteiger partial charge on any atom is -0.248 e. The van der Waals surface area contributed by atoms with E-state index in [2.05, 4.69) is 23.9 Å². The lowest BCUT2D eigenvalue weighted by Crippen LogP contribution is -2.28. The predicted molar refractivity (Wildman–Crippen MR) is 65.6 cm³/mol. The third kappa shape index (κ3) is 4.13. The maximum Gasteiger partial charge on any atom is 0.0202 e. The van der Waals surface area contributed by atoms with Crippen LogP contribution in [0.5, 0.6) is 0 Å². The molecule has 1 rings (SSSR count). The fourth-order valence-corrected chi connectivity index (χ4v) is 3.22. The van der Waals surface area contributed by atoms with Crippen molar-refractivity contribution in [1.82, 2.24) is 4.31 Å². The second-order valence-corrected chi connectivity index (χ2v) is 5.22. The van der Waals surface area contributed by atoms with E-state index in [-0.39, 0.29) is 0 Å². The van der Waals surface area contributed by atoms with E-state index in [1.807, 2.05) is 11.9 Å². The summed E-state index contributed by atoms with van der Waals surface area (Å²) in [6.07, 6.45) is 6.98. The minimum atomic E-state index is 0.866. The standard InChI is InChI=1S/C10H21NS2/c1-2-7-11(13-9-8-12)10-5-3-4-6-10/h10,12H,2-9H2,1H3. The van der Waals surface area contributed by atoms with Gasteiger partial charge in [0.2, 0.25) is 0 Å². The quantitative estimate of drug-likeness (QED) is 0.540. The molecule has 0 aromatic rings. The SMILES string of the molecule is CCCN(SCCS)C1CCCC1. The third-order valence-electron chi connectivity index (χ3n) is 2.52. The van der Waals surface area contributed by atoms with Crippen molar-refractivity contribution in [2.45, 2.75) is 45.1 Å². The largest absolute Gasteiger partial charge is 0.248 e. The molecule has 0 N–H and O–H groups in total. The molecular formula is C10H21NS2. The molecule has 0 saturated heterocycles. The third-order valence-corrected chi connectivity index (χ3v) is 4.25. The average Bonchev–Trinajstić information content (AvgIpc) is 2.65. The summed E-state index contributed by atoms with van der Waals surface area (Å²) in [5.41, 5.74) is 0. The summed E-state index contributed by atoms with van der Waals surface area (Å²) in [6, 6.07) is 0.866. The van der Waals surface area contributed by atoms with Crippen molar-refractivity contribution in [1.29, 1.82) is 0 Å². The molecule has 0 aromatic heterocycles. The van der Waals surface area contributed by atoms with Gasteiger partial charge in [-0.25, -0.2) is 4.31 Å². The highest BCUT2D eigenvalue weighted by Gasteiger charge is 2.21. The first-order valence-corrected chi connectivity index (χ1v) is 6.96. The molecule has 0 amide bonds. The Morgan fingerprint density at radius 2 is 2.08 bits per heavy atom. The zero-order valence-corrected chi connectivity index (χ0v) is 10.2. The van der Waals surface area contributed by atoms with Gasteiger partial charge >= 0.3 is 0 Å². The van der Waals surface area contributed by atoms with Crippen LogP contribution in [0.1, 0.15) is 39.0 Å². The monoisotopic (exact) mass is 219 g/mol. The van der Waals surface area contributed by atoms with Gasteiger partial charge in [-0.1, -0.05) is 31.7 Å². The second-order valence-electron chi connectivity index (χ2n) is 3.64. The summed E-state index contributed by atoms with van der Waals surface area (Å²) >= 11 is 6.26. The van der Waals surface area contributed by atoms with Crippen molar-refractivity contribution in [3.05, 3.63) is 0 Å². The highest BCUT2D eigenvalue weighted by atomic mass is 32.2. The van der Waals surface area contributed by atoms with Gasteiger partial charge in [0.25, 0.3) is 0 Å². The summed E-state index contributed by atoms with van der Waals surface area (Å²) in [7, 11) is 0. The molecule has 0 spiro atoms. The van der Waals surface area contributed by atoms with E-state index in [9.17, 15) is 0 Å². The first-order chi connectivity index (χ1) is 6.38. The van der Waals surface area contributed by atoms with Gasteiger partial charge in [0.15, 0.2) is 0 Å². The first-order valence-electron chi connectivity index (χ1n) is 5.39. The number of hydrogen-bond donors (Lipinski definition) is 1. The van der Waals surface area contributed by atoms with Gasteiger partial charge in [-0.15, -0.1) is 0 Å². The molecule has 0 unspecified atom stereocenters. The molecule has 1 aliphatic rings. The zero-order valence-electron chi connectivity index (χ0n) is 8.54. The lowest BCUT2D eigenvalue weighted by Gasteiger charge is -2.26. The van der Waals surface area contributed by atoms with Gasteiger partial charge in [0.1, 0.15) is 0 Å². The van der Waals surface area contributed by atoms with Crippen LogP contribution in [0.2, 0.25) is 0 Å². The van der Waals surface area contributed by atoms with Crippen molar-refractivity contribution in [3.8, 4) is 0 Å². The number of nitrogens with zero attached hydrogens (tertiary/aromatic N) is 1. The van der Waals surface area contributed by atoms with Crippen LogP contribution < -0.4 is 0 Å². The van der Waals surface area contributed by atoms with Crippen molar-refractivity contribution < 1.29 is 0 Å². The number of hydrogen-bond acceptors (Lipinski definition) is 3. The lowest BCUT2D eigenvalue weighted by molar-refractivity contribution is 0.357. The van der Waals surface area contributed by atoms with Crippen molar-refractivity contribution >= 4 is 24.6 Å². The average molecular weight is 219 g/mol. The predicted octanol–water partition coefficient (Wildman–Crippen LogP) is 3.22. The smallest absolute Gasteiger partial charge is 0.0202 e. The van der Waals surface area contributed by atoms with Gasteiger partial charge in [0.05, 0.1) is 0 Å². The van der Waals surface area contributed by atoms with Gasteiger partial charge in [-0.05, 0) is 19.3 Å². The molecule has 13 heavy (non-hydrogen) atoms. The van der Waals surface area contributed by atoms with Gasteiger partial charge in [-0.2, -0.15) is 12.6 Å². The molecule has 1 nitrogen and oxygen atoms in total. The Morgan fingerprint density at radius 3 is 2.62 bits per heavy atom. The first kappa shape index (κ1) is 11.7. The molecule has 0 atom stereocenters. The van der Waals surface area contributed by atoms with E-state index in [1.165, 1.54) is 44.4 Å². The number of thiol groups is 1. The van der Waals surface area contributed by atoms with Crippen molar-refractivity contribution in [2.75, 3.05) is 18.1 Å². The maximum atomic E-state index is 4.26. The van der Waals surface area contributed by atoms with Crippen LogP contribution in [0, 0.1) is 0 Å². The summed E-state index contributed by atoms with van der Waals surface area (Å²) in [4.78, 5) is 0. The molecule has 0 radical (unpaired) electrons. The molecule has 0 bridgehead atoms. The molecule has 1 fully saturated rings. The lowest BCUT2D eigenvalue weighted by atomic mass is 10.2. The highest BCUT2D eigenvalue weighted by molar-refractivity contribution is 7.97. The molecule has 78 valence electrons. The van der Waals surface area contributed by atoms with Gasteiger partial charge in [0, 0.05) is 24.1 Å². The van der Waals surface area contributed by atoms with Crippen molar-refractivity contribution in [3.63, 3.8) is 0 Å². The van der Waals surface area contributed by atoms with Crippen LogP contribution in [0.15, 0.2) is 0 Å². The highest BCUT2D eigenvalue weighted by Crippen LogP contribution is 2.28. The Balaban J connectivity index is 2.26. The topological polar surface area (TPSA) is 3.24 Å². The molecule has 1 aliphatic carbocycles. The Bertz CT molecular complexity index is 124. The van der Waals surface area contributed by atoms with E-state index in [0.29, 0.717) is 0 Å². The zero-order chi connectivity index (χ0) is 9.52. The van der Waals surface area contributed by atoms with Crippen LogP contribution in [-0.2, 0) is 0 Å². The summed E-state index contributed by atoms with van der Waals surface area (Å²) < 4.78 is 2.60. The van der Waals surface area contributed by atoms with Crippen LogP contribution in [-0.4, -0.2) is 28.4 Å². The van der Waals surface area contributed by atoms with E-state index in [1.54, 1.807) is 0 Å². The van der Waals surface area contributed by atoms with E-state index >= 15 is 0 Å². The molecule has 0 heterocycles. The number of rotatable bonds is 6. The fraction of sp³-hybridized carbons (Fsp3) is 1.00. The molecule has 3 heteroatoms. The van der Waals surface area contributed by atoms with E-state index in [4.69, 9.17) is 0 Å².